The van der Waals surface area contributed by atoms with E-state index in [4.69, 9.17) is 4.74 Å². The Bertz CT molecular complexity index is 493. The molecule has 3 rings (SSSR count). The van der Waals surface area contributed by atoms with Crippen molar-refractivity contribution in [2.24, 2.45) is 12.5 Å². The lowest BCUT2D eigenvalue weighted by atomic mass is 9.51. The maximum Gasteiger partial charge on any atom is 0.102 e. The molecule has 2 N–H and O–H groups in total. The zero-order chi connectivity index (χ0) is 15.1. The maximum atomic E-state index is 10.7. The second-order valence-electron chi connectivity index (χ2n) is 6.88. The standard InChI is InChI=1S/C16H27N3O2/c1-4-21-14-8-13(16(14)6-5-7-16)17-11-15(2,20)12-9-18-19(3)10-12/h9-10,13-14,17,20H,4-8,11H2,1-3H3. The monoisotopic (exact) mass is 293 g/mol. The number of hydrogen-bond acceptors (Lipinski definition) is 4. The van der Waals surface area contributed by atoms with Gasteiger partial charge in [-0.2, -0.15) is 5.10 Å². The molecule has 0 aromatic carbocycles. The molecular formula is C16H27N3O2. The summed E-state index contributed by atoms with van der Waals surface area (Å²) < 4.78 is 7.60. The van der Waals surface area contributed by atoms with E-state index in [9.17, 15) is 5.11 Å². The van der Waals surface area contributed by atoms with Crippen molar-refractivity contribution in [3.63, 3.8) is 0 Å². The fraction of sp³-hybridized carbons (Fsp3) is 0.812. The van der Waals surface area contributed by atoms with Crippen molar-refractivity contribution < 1.29 is 9.84 Å². The molecule has 0 saturated heterocycles. The van der Waals surface area contributed by atoms with Gasteiger partial charge in [0.15, 0.2) is 0 Å². The average Bonchev–Trinajstić information content (AvgIpc) is 2.78. The van der Waals surface area contributed by atoms with Crippen LogP contribution in [0.15, 0.2) is 12.4 Å². The van der Waals surface area contributed by atoms with Crippen molar-refractivity contribution in [3.05, 3.63) is 18.0 Å². The fourth-order valence-electron chi connectivity index (χ4n) is 3.85. The van der Waals surface area contributed by atoms with Crippen molar-refractivity contribution in [3.8, 4) is 0 Å². The Morgan fingerprint density at radius 2 is 2.33 bits per heavy atom. The molecule has 3 atom stereocenters. The number of ether oxygens (including phenoxy) is 1. The van der Waals surface area contributed by atoms with Gasteiger partial charge >= 0.3 is 0 Å². The van der Waals surface area contributed by atoms with Gasteiger partial charge < -0.3 is 15.2 Å². The van der Waals surface area contributed by atoms with E-state index in [1.165, 1.54) is 19.3 Å². The van der Waals surface area contributed by atoms with Crippen LogP contribution in [0, 0.1) is 5.41 Å². The van der Waals surface area contributed by atoms with Crippen LogP contribution in [-0.2, 0) is 17.4 Å². The minimum Gasteiger partial charge on any atom is -0.384 e. The summed E-state index contributed by atoms with van der Waals surface area (Å²) in [6, 6.07) is 0.478. The molecule has 1 aromatic heterocycles. The van der Waals surface area contributed by atoms with E-state index in [2.05, 4.69) is 17.3 Å². The molecule has 2 aliphatic rings. The predicted octanol–water partition coefficient (Wildman–Crippen LogP) is 1.56. The molecule has 1 heterocycles. The summed E-state index contributed by atoms with van der Waals surface area (Å²) in [5, 5.41) is 18.4. The molecule has 3 unspecified atom stereocenters. The lowest BCUT2D eigenvalue weighted by Gasteiger charge is -2.61. The van der Waals surface area contributed by atoms with E-state index in [1.54, 1.807) is 10.9 Å². The van der Waals surface area contributed by atoms with Gasteiger partial charge in [0.25, 0.3) is 0 Å². The fourth-order valence-corrected chi connectivity index (χ4v) is 3.85. The summed E-state index contributed by atoms with van der Waals surface area (Å²) in [7, 11) is 1.87. The number of nitrogens with zero attached hydrogens (tertiary/aromatic N) is 2. The van der Waals surface area contributed by atoms with E-state index >= 15 is 0 Å². The lowest BCUT2D eigenvalue weighted by molar-refractivity contribution is -0.175. The van der Waals surface area contributed by atoms with Crippen molar-refractivity contribution >= 4 is 0 Å². The SMILES string of the molecule is CCOC1CC(NCC(C)(O)c2cnn(C)c2)C12CCC2. The minimum absolute atomic E-state index is 0.334. The molecule has 2 fully saturated rings. The van der Waals surface area contributed by atoms with Crippen LogP contribution in [-0.4, -0.2) is 40.2 Å². The second kappa shape index (κ2) is 5.38. The van der Waals surface area contributed by atoms with Crippen LogP contribution in [0.3, 0.4) is 0 Å². The van der Waals surface area contributed by atoms with E-state index in [0.29, 0.717) is 24.1 Å². The first kappa shape index (κ1) is 15.0. The highest BCUT2D eigenvalue weighted by Gasteiger charge is 2.58. The molecule has 1 aromatic rings. The Labute approximate surface area is 126 Å². The molecule has 2 saturated carbocycles. The third-order valence-corrected chi connectivity index (χ3v) is 5.46. The summed E-state index contributed by atoms with van der Waals surface area (Å²) in [6.45, 7) is 5.28. The zero-order valence-electron chi connectivity index (χ0n) is 13.3. The zero-order valence-corrected chi connectivity index (χ0v) is 13.3. The molecular weight excluding hydrogens is 266 g/mol. The van der Waals surface area contributed by atoms with Crippen LogP contribution >= 0.6 is 0 Å². The first-order valence-corrected chi connectivity index (χ1v) is 8.04. The largest absolute Gasteiger partial charge is 0.384 e. The third-order valence-electron chi connectivity index (χ3n) is 5.46. The molecule has 118 valence electrons. The van der Waals surface area contributed by atoms with E-state index in [0.717, 1.165) is 18.6 Å². The predicted molar refractivity (Wildman–Crippen MR) is 80.9 cm³/mol. The molecule has 0 bridgehead atoms. The number of aromatic nitrogens is 2. The van der Waals surface area contributed by atoms with Crippen LogP contribution in [0.1, 0.15) is 45.1 Å². The van der Waals surface area contributed by atoms with Crippen molar-refractivity contribution in [1.29, 1.82) is 0 Å². The van der Waals surface area contributed by atoms with E-state index < -0.39 is 5.60 Å². The van der Waals surface area contributed by atoms with Crippen LogP contribution in [0.5, 0.6) is 0 Å². The molecule has 21 heavy (non-hydrogen) atoms. The quantitative estimate of drug-likeness (QED) is 0.836. The summed E-state index contributed by atoms with van der Waals surface area (Å²) in [5.74, 6) is 0. The van der Waals surface area contributed by atoms with Crippen LogP contribution < -0.4 is 5.32 Å². The molecule has 0 aliphatic heterocycles. The topological polar surface area (TPSA) is 59.3 Å². The number of nitrogens with one attached hydrogen (secondary N) is 1. The van der Waals surface area contributed by atoms with Crippen LogP contribution in [0.4, 0.5) is 0 Å². The van der Waals surface area contributed by atoms with Crippen molar-refractivity contribution in [2.75, 3.05) is 13.2 Å². The summed E-state index contributed by atoms with van der Waals surface area (Å²) in [4.78, 5) is 0. The Hall–Kier alpha value is -0.910. The van der Waals surface area contributed by atoms with Gasteiger partial charge in [-0.1, -0.05) is 6.42 Å². The van der Waals surface area contributed by atoms with Gasteiger partial charge in [-0.15, -0.1) is 0 Å². The van der Waals surface area contributed by atoms with Crippen molar-refractivity contribution in [2.45, 2.75) is 57.3 Å². The van der Waals surface area contributed by atoms with Crippen LogP contribution in [0.2, 0.25) is 0 Å². The molecule has 1 spiro atoms. The molecule has 2 aliphatic carbocycles. The number of aryl methyl sites for hydroxylation is 1. The van der Waals surface area contributed by atoms with Gasteiger partial charge in [0.2, 0.25) is 0 Å². The Morgan fingerprint density at radius 1 is 1.57 bits per heavy atom. The molecule has 0 amide bonds. The summed E-state index contributed by atoms with van der Waals surface area (Å²) in [6.07, 6.45) is 8.92. The first-order chi connectivity index (χ1) is 9.98. The normalized spacial score (nSPS) is 29.7. The highest BCUT2D eigenvalue weighted by Crippen LogP contribution is 2.57. The number of hydrogen-bond donors (Lipinski definition) is 2. The second-order valence-corrected chi connectivity index (χ2v) is 6.88. The van der Waals surface area contributed by atoms with Gasteiger partial charge in [-0.05, 0) is 33.1 Å². The Morgan fingerprint density at radius 3 is 2.86 bits per heavy atom. The number of rotatable bonds is 6. The molecule has 5 heteroatoms. The number of aliphatic hydroxyl groups is 1. The summed E-state index contributed by atoms with van der Waals surface area (Å²) >= 11 is 0. The third kappa shape index (κ3) is 2.51. The first-order valence-electron chi connectivity index (χ1n) is 8.04. The smallest absolute Gasteiger partial charge is 0.102 e. The Kier molecular flexibility index (Phi) is 3.84. The van der Waals surface area contributed by atoms with Crippen LogP contribution in [0.25, 0.3) is 0 Å². The average molecular weight is 293 g/mol. The molecule has 5 nitrogen and oxygen atoms in total. The molecule has 0 radical (unpaired) electrons. The van der Waals surface area contributed by atoms with E-state index in [1.807, 2.05) is 20.2 Å². The van der Waals surface area contributed by atoms with Gasteiger partial charge in [-0.3, -0.25) is 4.68 Å². The summed E-state index contributed by atoms with van der Waals surface area (Å²) in [5.41, 5.74) is 0.317. The highest BCUT2D eigenvalue weighted by molar-refractivity contribution is 5.16. The van der Waals surface area contributed by atoms with Gasteiger partial charge in [0.05, 0.1) is 12.3 Å². The Balaban J connectivity index is 1.58. The highest BCUT2D eigenvalue weighted by atomic mass is 16.5. The maximum absolute atomic E-state index is 10.7. The lowest BCUT2D eigenvalue weighted by Crippen LogP contribution is -2.67. The van der Waals surface area contributed by atoms with Crippen molar-refractivity contribution in [1.82, 2.24) is 15.1 Å². The van der Waals surface area contributed by atoms with Gasteiger partial charge in [-0.25, -0.2) is 0 Å². The van der Waals surface area contributed by atoms with E-state index in [-0.39, 0.29) is 0 Å². The van der Waals surface area contributed by atoms with Gasteiger partial charge in [0, 0.05) is 43.4 Å². The van der Waals surface area contributed by atoms with Gasteiger partial charge in [0.1, 0.15) is 5.60 Å². The minimum atomic E-state index is -0.879.